The van der Waals surface area contributed by atoms with Crippen molar-refractivity contribution in [3.63, 3.8) is 0 Å². The number of nitrogen functional groups attached to an aromatic ring is 1. The third-order valence-corrected chi connectivity index (χ3v) is 2.25. The number of benzene rings is 1. The second kappa shape index (κ2) is 5.20. The van der Waals surface area contributed by atoms with Crippen LogP contribution in [0.15, 0.2) is 29.1 Å². The van der Waals surface area contributed by atoms with Gasteiger partial charge in [-0.3, -0.25) is 0 Å². The van der Waals surface area contributed by atoms with E-state index in [0.717, 1.165) is 11.4 Å². The van der Waals surface area contributed by atoms with Crippen LogP contribution in [0.3, 0.4) is 0 Å². The minimum Gasteiger partial charge on any atom is -0.497 e. The molecule has 0 saturated heterocycles. The van der Waals surface area contributed by atoms with Crippen LogP contribution >= 0.6 is 0 Å². The van der Waals surface area contributed by atoms with Crippen LogP contribution in [0.4, 0.5) is 11.4 Å². The van der Waals surface area contributed by atoms with Crippen LogP contribution in [0.1, 0.15) is 5.82 Å². The average Bonchev–Trinajstić information content (AvgIpc) is 2.81. The molecule has 90 valence electrons. The molecule has 1 aromatic carbocycles. The number of nitrogens with two attached hydrogens (primary N) is 1. The summed E-state index contributed by atoms with van der Waals surface area (Å²) in [7, 11) is 1.61. The highest BCUT2D eigenvalue weighted by atomic mass is 16.5. The number of anilines is 2. The van der Waals surface area contributed by atoms with Crippen LogP contribution in [0.5, 0.6) is 5.75 Å². The van der Waals surface area contributed by atoms with E-state index < -0.39 is 0 Å². The molecule has 0 radical (unpaired) electrons. The van der Waals surface area contributed by atoms with Gasteiger partial charge < -0.3 is 20.3 Å². The first kappa shape index (κ1) is 11.3. The molecule has 6 heteroatoms. The molecule has 1 heterocycles. The van der Waals surface area contributed by atoms with Gasteiger partial charge in [-0.25, -0.2) is 0 Å². The summed E-state index contributed by atoms with van der Waals surface area (Å²) < 4.78 is 9.77. The molecule has 0 bridgehead atoms. The second-order valence-corrected chi connectivity index (χ2v) is 3.52. The zero-order valence-corrected chi connectivity index (χ0v) is 9.51. The van der Waals surface area contributed by atoms with Gasteiger partial charge in [0, 0.05) is 36.5 Å². The minimum atomic E-state index is 0.659. The van der Waals surface area contributed by atoms with Crippen molar-refractivity contribution in [2.24, 2.45) is 0 Å². The fraction of sp³-hybridized carbons (Fsp3) is 0.273. The Morgan fingerprint density at radius 1 is 1.41 bits per heavy atom. The Hall–Kier alpha value is -2.24. The van der Waals surface area contributed by atoms with Gasteiger partial charge in [-0.15, -0.1) is 0 Å². The van der Waals surface area contributed by atoms with Crippen molar-refractivity contribution >= 4 is 11.4 Å². The van der Waals surface area contributed by atoms with Crippen molar-refractivity contribution in [1.29, 1.82) is 0 Å². The Kier molecular flexibility index (Phi) is 3.44. The van der Waals surface area contributed by atoms with Crippen molar-refractivity contribution in [1.82, 2.24) is 10.1 Å². The van der Waals surface area contributed by atoms with Gasteiger partial charge in [0.2, 0.25) is 6.39 Å². The van der Waals surface area contributed by atoms with E-state index in [-0.39, 0.29) is 0 Å². The van der Waals surface area contributed by atoms with Crippen molar-refractivity contribution in [2.75, 3.05) is 24.7 Å². The third-order valence-electron chi connectivity index (χ3n) is 2.25. The van der Waals surface area contributed by atoms with Crippen LogP contribution in [0.25, 0.3) is 0 Å². The summed E-state index contributed by atoms with van der Waals surface area (Å²) in [5.74, 6) is 1.40. The summed E-state index contributed by atoms with van der Waals surface area (Å²) in [6, 6.07) is 5.50. The second-order valence-electron chi connectivity index (χ2n) is 3.52. The number of hydrogen-bond donors (Lipinski definition) is 2. The van der Waals surface area contributed by atoms with E-state index in [2.05, 4.69) is 20.0 Å². The van der Waals surface area contributed by atoms with Crippen LogP contribution in [-0.2, 0) is 6.42 Å². The van der Waals surface area contributed by atoms with E-state index >= 15 is 0 Å². The molecule has 0 aliphatic rings. The molecule has 1 aromatic heterocycles. The summed E-state index contributed by atoms with van der Waals surface area (Å²) in [4.78, 5) is 3.93. The van der Waals surface area contributed by atoms with Crippen molar-refractivity contribution in [3.8, 4) is 5.75 Å². The number of methoxy groups -OCH3 is 1. The van der Waals surface area contributed by atoms with Gasteiger partial charge in [0.1, 0.15) is 5.75 Å². The lowest BCUT2D eigenvalue weighted by atomic mass is 10.2. The minimum absolute atomic E-state index is 0.659. The van der Waals surface area contributed by atoms with Gasteiger partial charge in [-0.05, 0) is 6.07 Å². The predicted octanol–water partition coefficient (Wildman–Crippen LogP) is 1.31. The molecular formula is C11H14N4O2. The molecule has 0 fully saturated rings. The van der Waals surface area contributed by atoms with Gasteiger partial charge in [-0.2, -0.15) is 4.98 Å². The molecule has 0 atom stereocenters. The van der Waals surface area contributed by atoms with E-state index in [9.17, 15) is 0 Å². The number of nitrogens with one attached hydrogen (secondary N) is 1. The molecule has 0 amide bonds. The summed E-state index contributed by atoms with van der Waals surface area (Å²) in [6.45, 7) is 0.701. The van der Waals surface area contributed by atoms with Crippen LogP contribution < -0.4 is 15.8 Å². The number of hydrogen-bond acceptors (Lipinski definition) is 6. The third kappa shape index (κ3) is 3.10. The first-order valence-electron chi connectivity index (χ1n) is 5.21. The summed E-state index contributed by atoms with van der Waals surface area (Å²) in [5.41, 5.74) is 7.31. The van der Waals surface area contributed by atoms with Gasteiger partial charge in [0.05, 0.1) is 7.11 Å². The monoisotopic (exact) mass is 234 g/mol. The van der Waals surface area contributed by atoms with E-state index in [1.807, 2.05) is 12.1 Å². The Morgan fingerprint density at radius 3 is 3.00 bits per heavy atom. The van der Waals surface area contributed by atoms with E-state index in [4.69, 9.17) is 10.5 Å². The topological polar surface area (TPSA) is 86.2 Å². The number of rotatable bonds is 5. The number of nitrogens with zero attached hydrogens (tertiary/aromatic N) is 2. The molecule has 0 unspecified atom stereocenters. The quantitative estimate of drug-likeness (QED) is 0.759. The summed E-state index contributed by atoms with van der Waals surface area (Å²) in [5, 5.41) is 6.94. The van der Waals surface area contributed by atoms with Crippen molar-refractivity contribution < 1.29 is 9.26 Å². The fourth-order valence-corrected chi connectivity index (χ4v) is 1.46. The zero-order chi connectivity index (χ0) is 12.1. The SMILES string of the molecule is COc1cc(N)cc(NCCc2ncon2)c1. The number of aromatic nitrogens is 2. The Bertz CT molecular complexity index is 470. The number of ether oxygens (including phenoxy) is 1. The van der Waals surface area contributed by atoms with Gasteiger partial charge >= 0.3 is 0 Å². The zero-order valence-electron chi connectivity index (χ0n) is 9.51. The highest BCUT2D eigenvalue weighted by Crippen LogP contribution is 2.21. The molecule has 6 nitrogen and oxygen atoms in total. The summed E-state index contributed by atoms with van der Waals surface area (Å²) in [6.07, 6.45) is 2.01. The lowest BCUT2D eigenvalue weighted by Gasteiger charge is -2.08. The summed E-state index contributed by atoms with van der Waals surface area (Å²) >= 11 is 0. The first-order chi connectivity index (χ1) is 8.28. The Morgan fingerprint density at radius 2 is 2.29 bits per heavy atom. The smallest absolute Gasteiger partial charge is 0.213 e. The van der Waals surface area contributed by atoms with E-state index in [1.54, 1.807) is 13.2 Å². The maximum atomic E-state index is 5.74. The lowest BCUT2D eigenvalue weighted by molar-refractivity contribution is 0.410. The molecule has 0 spiro atoms. The van der Waals surface area contributed by atoms with Gasteiger partial charge in [-0.1, -0.05) is 5.16 Å². The molecular weight excluding hydrogens is 220 g/mol. The predicted molar refractivity (Wildman–Crippen MR) is 63.9 cm³/mol. The first-order valence-corrected chi connectivity index (χ1v) is 5.21. The normalized spacial score (nSPS) is 10.2. The molecule has 17 heavy (non-hydrogen) atoms. The van der Waals surface area contributed by atoms with Crippen molar-refractivity contribution in [3.05, 3.63) is 30.4 Å². The Labute approximate surface area is 98.8 Å². The van der Waals surface area contributed by atoms with Gasteiger partial charge in [0.25, 0.3) is 0 Å². The molecule has 3 N–H and O–H groups in total. The standard InChI is InChI=1S/C11H14N4O2/c1-16-10-5-8(12)4-9(6-10)13-3-2-11-14-7-17-15-11/h4-7,13H,2-3,12H2,1H3. The van der Waals surface area contributed by atoms with Crippen LogP contribution in [0.2, 0.25) is 0 Å². The Balaban J connectivity index is 1.92. The van der Waals surface area contributed by atoms with Crippen LogP contribution in [0, 0.1) is 0 Å². The molecule has 2 aromatic rings. The molecule has 0 saturated carbocycles. The van der Waals surface area contributed by atoms with Gasteiger partial charge in [0.15, 0.2) is 5.82 Å². The molecule has 2 rings (SSSR count). The highest BCUT2D eigenvalue weighted by Gasteiger charge is 2.01. The fourth-order valence-electron chi connectivity index (χ4n) is 1.46. The van der Waals surface area contributed by atoms with Crippen LogP contribution in [-0.4, -0.2) is 23.8 Å². The molecule has 0 aliphatic carbocycles. The largest absolute Gasteiger partial charge is 0.497 e. The molecule has 0 aliphatic heterocycles. The van der Waals surface area contributed by atoms with Crippen molar-refractivity contribution in [2.45, 2.75) is 6.42 Å². The van der Waals surface area contributed by atoms with E-state index in [1.165, 1.54) is 6.39 Å². The maximum absolute atomic E-state index is 5.74. The maximum Gasteiger partial charge on any atom is 0.213 e. The lowest BCUT2D eigenvalue weighted by Crippen LogP contribution is -2.06. The highest BCUT2D eigenvalue weighted by molar-refractivity contribution is 5.59. The van der Waals surface area contributed by atoms with E-state index in [0.29, 0.717) is 24.5 Å². The average molecular weight is 234 g/mol.